The van der Waals surface area contributed by atoms with Crippen LogP contribution in [0.3, 0.4) is 0 Å². The number of aryl methyl sites for hydroxylation is 2. The molecule has 0 atom stereocenters. The molecule has 1 saturated heterocycles. The van der Waals surface area contributed by atoms with Crippen LogP contribution in [-0.4, -0.2) is 47.7 Å². The first kappa shape index (κ1) is 20.5. The number of hydrogen-bond donors (Lipinski definition) is 0. The molecule has 4 rings (SSSR count). The average Bonchev–Trinajstić information content (AvgIpc) is 3.15. The van der Waals surface area contributed by atoms with Gasteiger partial charge in [0, 0.05) is 43.2 Å². The van der Waals surface area contributed by atoms with E-state index in [4.69, 9.17) is 4.42 Å². The highest BCUT2D eigenvalue weighted by molar-refractivity contribution is 7.99. The van der Waals surface area contributed by atoms with Crippen LogP contribution in [0.2, 0.25) is 0 Å². The number of oxazole rings is 1. The Morgan fingerprint density at radius 1 is 1.00 bits per heavy atom. The molecule has 6 heteroatoms. The predicted molar refractivity (Wildman–Crippen MR) is 123 cm³/mol. The lowest BCUT2D eigenvalue weighted by molar-refractivity contribution is -0.128. The number of carbonyl (C=O) groups is 1. The highest BCUT2D eigenvalue weighted by Crippen LogP contribution is 2.26. The van der Waals surface area contributed by atoms with E-state index in [1.807, 2.05) is 36.1 Å². The lowest BCUT2D eigenvalue weighted by atomic mass is 10.1. The number of benzene rings is 2. The van der Waals surface area contributed by atoms with E-state index < -0.39 is 0 Å². The minimum atomic E-state index is 0.202. The molecule has 1 aliphatic heterocycles. The van der Waals surface area contributed by atoms with Gasteiger partial charge in [-0.3, -0.25) is 4.79 Å². The van der Waals surface area contributed by atoms with Gasteiger partial charge in [0.25, 0.3) is 0 Å². The van der Waals surface area contributed by atoms with Crippen molar-refractivity contribution in [2.45, 2.75) is 19.6 Å². The van der Waals surface area contributed by atoms with Crippen LogP contribution in [-0.2, 0) is 10.5 Å². The van der Waals surface area contributed by atoms with Gasteiger partial charge in [-0.25, -0.2) is 4.98 Å². The number of nitrogens with zero attached hydrogens (tertiary/aromatic N) is 3. The molecule has 0 aliphatic carbocycles. The number of para-hydroxylation sites is 1. The minimum Gasteiger partial charge on any atom is -0.441 e. The Balaban J connectivity index is 1.27. The first-order chi connectivity index (χ1) is 14.6. The number of carbonyl (C=O) groups excluding carboxylic acids is 1. The van der Waals surface area contributed by atoms with Crippen LogP contribution in [0, 0.1) is 13.8 Å². The lowest BCUT2D eigenvalue weighted by Gasteiger charge is -2.36. The number of rotatable bonds is 6. The maximum Gasteiger partial charge on any atom is 0.232 e. The average molecular weight is 422 g/mol. The maximum atomic E-state index is 12.6. The smallest absolute Gasteiger partial charge is 0.232 e. The number of thioether (sulfide) groups is 1. The highest BCUT2D eigenvalue weighted by atomic mass is 32.2. The fourth-order valence-corrected chi connectivity index (χ4v) is 4.59. The molecule has 0 N–H and O–H groups in total. The molecule has 156 valence electrons. The van der Waals surface area contributed by atoms with Gasteiger partial charge in [0.2, 0.25) is 11.8 Å². The Morgan fingerprint density at radius 3 is 2.43 bits per heavy atom. The summed E-state index contributed by atoms with van der Waals surface area (Å²) in [5.74, 6) is 2.83. The summed E-state index contributed by atoms with van der Waals surface area (Å²) in [6.07, 6.45) is 0. The van der Waals surface area contributed by atoms with Gasteiger partial charge in [0.15, 0.2) is 0 Å². The van der Waals surface area contributed by atoms with Crippen molar-refractivity contribution in [3.63, 3.8) is 0 Å². The quantitative estimate of drug-likeness (QED) is 0.585. The van der Waals surface area contributed by atoms with Gasteiger partial charge >= 0.3 is 0 Å². The van der Waals surface area contributed by atoms with Gasteiger partial charge in [0.05, 0.1) is 11.4 Å². The molecule has 1 fully saturated rings. The maximum absolute atomic E-state index is 12.6. The van der Waals surface area contributed by atoms with Crippen molar-refractivity contribution >= 4 is 23.4 Å². The van der Waals surface area contributed by atoms with Crippen molar-refractivity contribution < 1.29 is 9.21 Å². The molecule has 1 amide bonds. The molecule has 0 bridgehead atoms. The predicted octanol–water partition coefficient (Wildman–Crippen LogP) is 4.54. The number of amides is 1. The van der Waals surface area contributed by atoms with Crippen LogP contribution in [0.4, 0.5) is 5.69 Å². The standard InChI is InChI=1S/C24H27N3O2S/c1-18-8-6-7-11-21(18)24-25-22(19(2)29-24)16-30-17-23(28)27-14-12-26(13-15-27)20-9-4-3-5-10-20/h3-11H,12-17H2,1-2H3. The number of anilines is 1. The monoisotopic (exact) mass is 421 g/mol. The summed E-state index contributed by atoms with van der Waals surface area (Å²) in [5, 5.41) is 0. The van der Waals surface area contributed by atoms with Crippen molar-refractivity contribution in [1.29, 1.82) is 0 Å². The molecule has 5 nitrogen and oxygen atoms in total. The van der Waals surface area contributed by atoms with Crippen LogP contribution >= 0.6 is 11.8 Å². The molecule has 0 spiro atoms. The first-order valence-electron chi connectivity index (χ1n) is 10.3. The third kappa shape index (κ3) is 4.70. The molecule has 0 unspecified atom stereocenters. The fraction of sp³-hybridized carbons (Fsp3) is 0.333. The Morgan fingerprint density at radius 2 is 1.70 bits per heavy atom. The topological polar surface area (TPSA) is 49.6 Å². The number of piperazine rings is 1. The van der Waals surface area contributed by atoms with Crippen LogP contribution in [0.15, 0.2) is 59.0 Å². The van der Waals surface area contributed by atoms with Gasteiger partial charge in [-0.1, -0.05) is 36.4 Å². The first-order valence-corrected chi connectivity index (χ1v) is 11.4. The molecular formula is C24H27N3O2S. The Hall–Kier alpha value is -2.73. The summed E-state index contributed by atoms with van der Waals surface area (Å²) >= 11 is 1.60. The summed E-state index contributed by atoms with van der Waals surface area (Å²) in [5.41, 5.74) is 4.30. The fourth-order valence-electron chi connectivity index (χ4n) is 3.67. The summed E-state index contributed by atoms with van der Waals surface area (Å²) in [7, 11) is 0. The Labute approximate surface area is 182 Å². The van der Waals surface area contributed by atoms with E-state index in [0.29, 0.717) is 17.4 Å². The van der Waals surface area contributed by atoms with E-state index in [1.165, 1.54) is 5.69 Å². The zero-order valence-electron chi connectivity index (χ0n) is 17.5. The van der Waals surface area contributed by atoms with Gasteiger partial charge in [0.1, 0.15) is 5.76 Å². The Bertz CT molecular complexity index is 995. The summed E-state index contributed by atoms with van der Waals surface area (Å²) < 4.78 is 5.88. The van der Waals surface area contributed by atoms with Crippen LogP contribution in [0.5, 0.6) is 0 Å². The van der Waals surface area contributed by atoms with Crippen molar-refractivity contribution in [3.8, 4) is 11.5 Å². The molecular weight excluding hydrogens is 394 g/mol. The second-order valence-corrected chi connectivity index (χ2v) is 8.52. The zero-order valence-corrected chi connectivity index (χ0v) is 18.3. The molecule has 0 saturated carbocycles. The third-order valence-electron chi connectivity index (χ3n) is 5.49. The molecule has 3 aromatic rings. The third-order valence-corrected chi connectivity index (χ3v) is 6.41. The summed E-state index contributed by atoms with van der Waals surface area (Å²) in [6.45, 7) is 7.30. The van der Waals surface area contributed by atoms with Crippen molar-refractivity contribution in [2.75, 3.05) is 36.8 Å². The van der Waals surface area contributed by atoms with Crippen LogP contribution < -0.4 is 4.90 Å². The molecule has 2 aromatic carbocycles. The van der Waals surface area contributed by atoms with Gasteiger partial charge in [-0.05, 0) is 37.6 Å². The van der Waals surface area contributed by atoms with E-state index in [1.54, 1.807) is 11.8 Å². The molecule has 1 aliphatic rings. The largest absolute Gasteiger partial charge is 0.441 e. The van der Waals surface area contributed by atoms with E-state index >= 15 is 0 Å². The number of hydrogen-bond acceptors (Lipinski definition) is 5. The zero-order chi connectivity index (χ0) is 20.9. The van der Waals surface area contributed by atoms with Crippen molar-refractivity contribution in [3.05, 3.63) is 71.6 Å². The van der Waals surface area contributed by atoms with Crippen molar-refractivity contribution in [1.82, 2.24) is 9.88 Å². The van der Waals surface area contributed by atoms with E-state index in [9.17, 15) is 4.79 Å². The number of aromatic nitrogens is 1. The molecule has 1 aromatic heterocycles. The lowest BCUT2D eigenvalue weighted by Crippen LogP contribution is -2.49. The minimum absolute atomic E-state index is 0.202. The molecule has 0 radical (unpaired) electrons. The van der Waals surface area contributed by atoms with Crippen molar-refractivity contribution in [2.24, 2.45) is 0 Å². The van der Waals surface area contributed by atoms with Gasteiger partial charge in [-0.2, -0.15) is 0 Å². The van der Waals surface area contributed by atoms with E-state index in [2.05, 4.69) is 47.1 Å². The van der Waals surface area contributed by atoms with Crippen LogP contribution in [0.25, 0.3) is 11.5 Å². The Kier molecular flexibility index (Phi) is 6.43. The second-order valence-electron chi connectivity index (χ2n) is 7.53. The molecule has 2 heterocycles. The summed E-state index contributed by atoms with van der Waals surface area (Å²) in [6, 6.07) is 18.5. The summed E-state index contributed by atoms with van der Waals surface area (Å²) in [4.78, 5) is 21.6. The highest BCUT2D eigenvalue weighted by Gasteiger charge is 2.21. The van der Waals surface area contributed by atoms with Crippen LogP contribution in [0.1, 0.15) is 17.0 Å². The van der Waals surface area contributed by atoms with E-state index in [-0.39, 0.29) is 5.91 Å². The van der Waals surface area contributed by atoms with Gasteiger partial charge in [-0.15, -0.1) is 11.8 Å². The molecule has 30 heavy (non-hydrogen) atoms. The SMILES string of the molecule is Cc1ccccc1-c1nc(CSCC(=O)N2CCN(c3ccccc3)CC2)c(C)o1. The van der Waals surface area contributed by atoms with E-state index in [0.717, 1.165) is 48.8 Å². The second kappa shape index (κ2) is 9.39. The normalized spacial score (nSPS) is 14.2. The van der Waals surface area contributed by atoms with Gasteiger partial charge < -0.3 is 14.2 Å².